The summed E-state index contributed by atoms with van der Waals surface area (Å²) in [5.41, 5.74) is 3.44. The second-order valence-corrected chi connectivity index (χ2v) is 18.6. The highest BCUT2D eigenvalue weighted by Crippen LogP contribution is 2.45. The molecule has 0 aromatic heterocycles. The first-order valence-electron chi connectivity index (χ1n) is 16.0. The second-order valence-electron chi connectivity index (χ2n) is 12.3. The van der Waals surface area contributed by atoms with Crippen LogP contribution in [-0.2, 0) is 21.5 Å². The molecule has 0 bridgehead atoms. The summed E-state index contributed by atoms with van der Waals surface area (Å²) in [5.74, 6) is 0. The Kier molecular flexibility index (Phi) is 17.5. The minimum absolute atomic E-state index is 0.0627. The third-order valence-corrected chi connectivity index (χ3v) is 12.9. The van der Waals surface area contributed by atoms with Gasteiger partial charge in [0.15, 0.2) is 0 Å². The average molecular weight is 805 g/mol. The van der Waals surface area contributed by atoms with E-state index < -0.39 is 26.9 Å². The summed E-state index contributed by atoms with van der Waals surface area (Å²) < 4.78 is 24.7. The average Bonchev–Trinajstić information content (AvgIpc) is 3.05. The van der Waals surface area contributed by atoms with E-state index in [-0.39, 0.29) is 49.8 Å². The van der Waals surface area contributed by atoms with Gasteiger partial charge in [-0.05, 0) is 60.4 Å². The maximum absolute atomic E-state index is 12.3. The fourth-order valence-electron chi connectivity index (χ4n) is 5.08. The molecule has 0 saturated heterocycles. The van der Waals surface area contributed by atoms with Gasteiger partial charge in [-0.3, -0.25) is 9.13 Å². The Balaban J connectivity index is 0.000000270. The van der Waals surface area contributed by atoms with Crippen LogP contribution in [0.2, 0.25) is 20.1 Å². The van der Waals surface area contributed by atoms with Crippen LogP contribution >= 0.6 is 61.1 Å². The molecule has 0 aliphatic carbocycles. The standard InChI is InChI=1S/2C18H22Cl2NO3P/c2*1-13(15-7-8-17(19)18(20)9-15)21-10-16(22)12-25(23,24)11-14-5-3-2-4-6-14/h2*2-9,13,16,21-22H,10-12H2,1H3,(H,23,24)/t2*13-,16-/m00/s1. The zero-order valence-corrected chi connectivity index (χ0v) is 32.6. The molecule has 4 rings (SSSR count). The fourth-order valence-corrected chi connectivity index (χ4v) is 9.09. The monoisotopic (exact) mass is 802 g/mol. The van der Waals surface area contributed by atoms with Crippen molar-refractivity contribution in [3.05, 3.63) is 139 Å². The van der Waals surface area contributed by atoms with Crippen LogP contribution in [-0.4, -0.2) is 57.6 Å². The zero-order valence-electron chi connectivity index (χ0n) is 27.8. The van der Waals surface area contributed by atoms with Crippen LogP contribution in [0.15, 0.2) is 97.1 Å². The molecule has 0 saturated carbocycles. The first-order valence-corrected chi connectivity index (χ1v) is 21.5. The summed E-state index contributed by atoms with van der Waals surface area (Å²) in [7, 11) is -6.89. The van der Waals surface area contributed by atoms with Gasteiger partial charge in [0.1, 0.15) is 0 Å². The van der Waals surface area contributed by atoms with Crippen LogP contribution in [0, 0.1) is 0 Å². The lowest BCUT2D eigenvalue weighted by molar-refractivity contribution is 0.186. The molecule has 14 heteroatoms. The summed E-state index contributed by atoms with van der Waals surface area (Å²) in [6.45, 7) is 4.27. The molecule has 6 N–H and O–H groups in total. The van der Waals surface area contributed by atoms with E-state index in [9.17, 15) is 29.1 Å². The molecule has 0 radical (unpaired) electrons. The lowest BCUT2D eigenvalue weighted by Crippen LogP contribution is -2.31. The van der Waals surface area contributed by atoms with Crippen molar-refractivity contribution in [2.75, 3.05) is 25.4 Å². The molecule has 6 atom stereocenters. The number of nitrogens with one attached hydrogen (secondary N) is 2. The molecule has 0 spiro atoms. The molecule has 50 heavy (non-hydrogen) atoms. The third-order valence-electron chi connectivity index (χ3n) is 7.74. The Morgan fingerprint density at radius 2 is 0.900 bits per heavy atom. The van der Waals surface area contributed by atoms with Crippen molar-refractivity contribution in [3.63, 3.8) is 0 Å². The highest BCUT2D eigenvalue weighted by atomic mass is 35.5. The van der Waals surface area contributed by atoms with Crippen molar-refractivity contribution in [1.29, 1.82) is 0 Å². The van der Waals surface area contributed by atoms with Gasteiger partial charge in [-0.15, -0.1) is 0 Å². The predicted molar refractivity (Wildman–Crippen MR) is 207 cm³/mol. The van der Waals surface area contributed by atoms with Gasteiger partial charge >= 0.3 is 0 Å². The summed E-state index contributed by atoms with van der Waals surface area (Å²) in [6.07, 6.45) is -2.00. The lowest BCUT2D eigenvalue weighted by atomic mass is 10.1. The SMILES string of the molecule is C[C@H](NC[C@H](O)CP(=O)(O)Cc1ccccc1)c1ccc(Cl)c(Cl)c1.C[C@H](NC[C@H](O)CP(=O)(O)Cc1ccccc1)c1ccc(Cl)c(Cl)c1. The maximum atomic E-state index is 12.3. The number of aliphatic hydroxyl groups is 2. The van der Waals surface area contributed by atoms with Gasteiger partial charge in [0.05, 0.1) is 44.6 Å². The number of aliphatic hydroxyl groups excluding tert-OH is 2. The van der Waals surface area contributed by atoms with E-state index >= 15 is 0 Å². The summed E-state index contributed by atoms with van der Waals surface area (Å²) in [4.78, 5) is 20.2. The van der Waals surface area contributed by atoms with E-state index in [1.807, 2.05) is 62.4 Å². The van der Waals surface area contributed by atoms with Crippen molar-refractivity contribution in [3.8, 4) is 0 Å². The van der Waals surface area contributed by atoms with Crippen LogP contribution in [0.4, 0.5) is 0 Å². The molecule has 0 heterocycles. The smallest absolute Gasteiger partial charge is 0.207 e. The Labute approximate surface area is 314 Å². The van der Waals surface area contributed by atoms with Crippen molar-refractivity contribution in [2.45, 2.75) is 50.5 Å². The van der Waals surface area contributed by atoms with Gasteiger partial charge in [-0.25, -0.2) is 0 Å². The summed E-state index contributed by atoms with van der Waals surface area (Å²) >= 11 is 23.8. The first kappa shape index (κ1) is 42.7. The molecule has 2 unspecified atom stereocenters. The van der Waals surface area contributed by atoms with Crippen LogP contribution in [0.5, 0.6) is 0 Å². The fraction of sp³-hybridized carbons (Fsp3) is 0.333. The normalized spacial score (nSPS) is 16.2. The Bertz CT molecular complexity index is 1610. The van der Waals surface area contributed by atoms with Crippen molar-refractivity contribution >= 4 is 61.1 Å². The van der Waals surface area contributed by atoms with Gasteiger partial charge in [0.2, 0.25) is 14.7 Å². The predicted octanol–water partition coefficient (Wildman–Crippen LogP) is 8.95. The van der Waals surface area contributed by atoms with Gasteiger partial charge in [-0.1, -0.05) is 119 Å². The number of hydrogen-bond acceptors (Lipinski definition) is 6. The minimum Gasteiger partial charge on any atom is -0.391 e. The van der Waals surface area contributed by atoms with E-state index in [1.165, 1.54) is 0 Å². The molecular formula is C36H44Cl4N2O6P2. The Morgan fingerprint density at radius 3 is 1.22 bits per heavy atom. The molecule has 4 aromatic rings. The lowest BCUT2D eigenvalue weighted by Gasteiger charge is -2.20. The summed E-state index contributed by atoms with van der Waals surface area (Å²) in [5, 5.41) is 28.4. The quantitative estimate of drug-likeness (QED) is 0.0618. The summed E-state index contributed by atoms with van der Waals surface area (Å²) in [6, 6.07) is 28.8. The van der Waals surface area contributed by atoms with Crippen LogP contribution < -0.4 is 10.6 Å². The molecule has 272 valence electrons. The van der Waals surface area contributed by atoms with E-state index in [4.69, 9.17) is 46.4 Å². The number of rotatable bonds is 16. The van der Waals surface area contributed by atoms with Gasteiger partial charge in [0.25, 0.3) is 0 Å². The first-order chi connectivity index (χ1) is 23.5. The molecule has 8 nitrogen and oxygen atoms in total. The molecule has 0 aliphatic rings. The molecule has 0 aliphatic heterocycles. The molecular weight excluding hydrogens is 760 g/mol. The van der Waals surface area contributed by atoms with Gasteiger partial charge in [0, 0.05) is 37.5 Å². The third kappa shape index (κ3) is 15.5. The second kappa shape index (κ2) is 20.5. The minimum atomic E-state index is -3.45. The van der Waals surface area contributed by atoms with Crippen LogP contribution in [0.25, 0.3) is 0 Å². The molecule has 0 fully saturated rings. The van der Waals surface area contributed by atoms with Crippen molar-refractivity contribution in [1.82, 2.24) is 10.6 Å². The van der Waals surface area contributed by atoms with Gasteiger partial charge < -0.3 is 30.6 Å². The van der Waals surface area contributed by atoms with Crippen LogP contribution in [0.3, 0.4) is 0 Å². The number of halogens is 4. The van der Waals surface area contributed by atoms with Crippen LogP contribution in [0.1, 0.15) is 48.2 Å². The maximum Gasteiger partial charge on any atom is 0.207 e. The number of benzene rings is 4. The van der Waals surface area contributed by atoms with E-state index in [0.717, 1.165) is 22.3 Å². The van der Waals surface area contributed by atoms with E-state index in [1.54, 1.807) is 48.5 Å². The Hall–Kier alpha value is -1.74. The van der Waals surface area contributed by atoms with E-state index in [0.29, 0.717) is 20.1 Å². The van der Waals surface area contributed by atoms with E-state index in [2.05, 4.69) is 10.6 Å². The molecule has 0 amide bonds. The van der Waals surface area contributed by atoms with Crippen molar-refractivity contribution < 1.29 is 29.1 Å². The Morgan fingerprint density at radius 1 is 0.560 bits per heavy atom. The molecule has 4 aromatic carbocycles. The highest BCUT2D eigenvalue weighted by molar-refractivity contribution is 7.57. The topological polar surface area (TPSA) is 139 Å². The highest BCUT2D eigenvalue weighted by Gasteiger charge is 2.25. The zero-order chi connectivity index (χ0) is 36.9. The van der Waals surface area contributed by atoms with Crippen molar-refractivity contribution in [2.24, 2.45) is 0 Å². The largest absolute Gasteiger partial charge is 0.391 e. The number of hydrogen-bond donors (Lipinski definition) is 6. The van der Waals surface area contributed by atoms with Gasteiger partial charge in [-0.2, -0.15) is 0 Å².